The molecule has 0 fully saturated rings. The van der Waals surface area contributed by atoms with Gasteiger partial charge in [0.1, 0.15) is 0 Å². The van der Waals surface area contributed by atoms with Gasteiger partial charge in [-0.15, -0.1) is 0 Å². The Morgan fingerprint density at radius 2 is 1.80 bits per heavy atom. The zero-order valence-electron chi connectivity index (χ0n) is 9.37. The monoisotopic (exact) mass is 208 g/mol. The molecule has 2 nitrogen and oxygen atoms in total. The average molecular weight is 208 g/mol. The van der Waals surface area contributed by atoms with Gasteiger partial charge in [-0.2, -0.15) is 0 Å². The molecule has 1 rings (SSSR count). The molecule has 0 aliphatic carbocycles. The standard InChI is InChI=1S/C13H20O2/c1-11-5-6-12(4-2-3-8-14)10-13(11)7-9-15/h5-6,10,14-15H,2-4,7-9H2,1H3. The van der Waals surface area contributed by atoms with Crippen LogP contribution in [0.2, 0.25) is 0 Å². The lowest BCUT2D eigenvalue weighted by Gasteiger charge is -2.07. The zero-order valence-corrected chi connectivity index (χ0v) is 9.37. The fourth-order valence-electron chi connectivity index (χ4n) is 1.71. The summed E-state index contributed by atoms with van der Waals surface area (Å²) in [7, 11) is 0. The van der Waals surface area contributed by atoms with Crippen molar-refractivity contribution in [3.8, 4) is 0 Å². The Bertz CT molecular complexity index is 295. The Hall–Kier alpha value is -0.860. The minimum atomic E-state index is 0.209. The van der Waals surface area contributed by atoms with Crippen molar-refractivity contribution < 1.29 is 10.2 Å². The van der Waals surface area contributed by atoms with Crippen molar-refractivity contribution >= 4 is 0 Å². The van der Waals surface area contributed by atoms with Crippen LogP contribution in [0.4, 0.5) is 0 Å². The van der Waals surface area contributed by atoms with Crippen molar-refractivity contribution in [1.29, 1.82) is 0 Å². The van der Waals surface area contributed by atoms with E-state index in [-0.39, 0.29) is 13.2 Å². The summed E-state index contributed by atoms with van der Waals surface area (Å²) in [6.07, 6.45) is 3.64. The molecule has 0 saturated heterocycles. The van der Waals surface area contributed by atoms with Gasteiger partial charge in [-0.3, -0.25) is 0 Å². The smallest absolute Gasteiger partial charge is 0.0471 e. The van der Waals surface area contributed by atoms with Crippen LogP contribution >= 0.6 is 0 Å². The number of rotatable bonds is 6. The first-order chi connectivity index (χ1) is 7.27. The third-order valence-electron chi connectivity index (χ3n) is 2.67. The molecule has 2 heteroatoms. The number of hydrogen-bond donors (Lipinski definition) is 2. The highest BCUT2D eigenvalue weighted by Crippen LogP contribution is 2.13. The number of aryl methyl sites for hydroxylation is 2. The van der Waals surface area contributed by atoms with Crippen LogP contribution in [0, 0.1) is 6.92 Å². The van der Waals surface area contributed by atoms with E-state index in [1.807, 2.05) is 0 Å². The average Bonchev–Trinajstić information content (AvgIpc) is 2.23. The lowest BCUT2D eigenvalue weighted by atomic mass is 10.00. The second-order valence-corrected chi connectivity index (χ2v) is 3.92. The van der Waals surface area contributed by atoms with Gasteiger partial charge in [-0.05, 0) is 49.3 Å². The molecule has 0 aliphatic rings. The van der Waals surface area contributed by atoms with Gasteiger partial charge < -0.3 is 10.2 Å². The quantitative estimate of drug-likeness (QED) is 0.700. The molecule has 0 amide bonds. The Morgan fingerprint density at radius 1 is 1.00 bits per heavy atom. The maximum atomic E-state index is 8.92. The van der Waals surface area contributed by atoms with Gasteiger partial charge in [-0.1, -0.05) is 18.2 Å². The second-order valence-electron chi connectivity index (χ2n) is 3.92. The first-order valence-electron chi connectivity index (χ1n) is 5.58. The molecule has 84 valence electrons. The maximum absolute atomic E-state index is 8.92. The van der Waals surface area contributed by atoms with Crippen molar-refractivity contribution in [1.82, 2.24) is 0 Å². The summed E-state index contributed by atoms with van der Waals surface area (Å²) in [5.41, 5.74) is 3.78. The largest absolute Gasteiger partial charge is 0.396 e. The molecule has 0 aliphatic heterocycles. The van der Waals surface area contributed by atoms with Crippen LogP contribution in [0.25, 0.3) is 0 Å². The molecule has 0 unspecified atom stereocenters. The van der Waals surface area contributed by atoms with E-state index in [0.29, 0.717) is 0 Å². The molecular formula is C13H20O2. The molecule has 2 N–H and O–H groups in total. The van der Waals surface area contributed by atoms with Crippen molar-refractivity contribution in [3.63, 3.8) is 0 Å². The van der Waals surface area contributed by atoms with E-state index in [1.165, 1.54) is 16.7 Å². The van der Waals surface area contributed by atoms with E-state index >= 15 is 0 Å². The molecule has 1 aromatic rings. The van der Waals surface area contributed by atoms with Crippen LogP contribution in [0.5, 0.6) is 0 Å². The van der Waals surface area contributed by atoms with Crippen LogP contribution in [-0.4, -0.2) is 23.4 Å². The Morgan fingerprint density at radius 3 is 2.47 bits per heavy atom. The van der Waals surface area contributed by atoms with Crippen LogP contribution < -0.4 is 0 Å². The van der Waals surface area contributed by atoms with Crippen molar-refractivity contribution in [2.75, 3.05) is 13.2 Å². The van der Waals surface area contributed by atoms with Crippen LogP contribution in [0.1, 0.15) is 29.5 Å². The minimum Gasteiger partial charge on any atom is -0.396 e. The lowest BCUT2D eigenvalue weighted by molar-refractivity contribution is 0.284. The van der Waals surface area contributed by atoms with Crippen molar-refractivity contribution in [2.24, 2.45) is 0 Å². The molecule has 0 radical (unpaired) electrons. The van der Waals surface area contributed by atoms with Crippen LogP contribution in [0.3, 0.4) is 0 Å². The number of aliphatic hydroxyl groups excluding tert-OH is 2. The molecule has 0 atom stereocenters. The summed E-state index contributed by atoms with van der Waals surface area (Å²) >= 11 is 0. The number of aliphatic hydroxyl groups is 2. The number of hydrogen-bond acceptors (Lipinski definition) is 2. The highest BCUT2D eigenvalue weighted by molar-refractivity contribution is 5.31. The van der Waals surface area contributed by atoms with Gasteiger partial charge in [0.05, 0.1) is 0 Å². The summed E-state index contributed by atoms with van der Waals surface area (Å²) < 4.78 is 0. The fourth-order valence-corrected chi connectivity index (χ4v) is 1.71. The van der Waals surface area contributed by atoms with E-state index in [1.54, 1.807) is 0 Å². The van der Waals surface area contributed by atoms with E-state index in [2.05, 4.69) is 25.1 Å². The van der Waals surface area contributed by atoms with Gasteiger partial charge in [0.2, 0.25) is 0 Å². The van der Waals surface area contributed by atoms with Gasteiger partial charge >= 0.3 is 0 Å². The first-order valence-corrected chi connectivity index (χ1v) is 5.58. The van der Waals surface area contributed by atoms with Gasteiger partial charge in [0, 0.05) is 13.2 Å². The summed E-state index contributed by atoms with van der Waals surface area (Å²) in [6.45, 7) is 2.55. The summed E-state index contributed by atoms with van der Waals surface area (Å²) in [5, 5.41) is 17.6. The highest BCUT2D eigenvalue weighted by atomic mass is 16.3. The lowest BCUT2D eigenvalue weighted by Crippen LogP contribution is -1.97. The minimum absolute atomic E-state index is 0.209. The Labute approximate surface area is 91.6 Å². The summed E-state index contributed by atoms with van der Waals surface area (Å²) in [6, 6.07) is 6.41. The molecular weight excluding hydrogens is 188 g/mol. The third-order valence-corrected chi connectivity index (χ3v) is 2.67. The van der Waals surface area contributed by atoms with Gasteiger partial charge in [0.25, 0.3) is 0 Å². The molecule has 0 saturated carbocycles. The molecule has 15 heavy (non-hydrogen) atoms. The number of unbranched alkanes of at least 4 members (excludes halogenated alkanes) is 1. The van der Waals surface area contributed by atoms with Crippen LogP contribution in [0.15, 0.2) is 18.2 Å². The molecule has 1 aromatic carbocycles. The van der Waals surface area contributed by atoms with Crippen molar-refractivity contribution in [3.05, 3.63) is 34.9 Å². The summed E-state index contributed by atoms with van der Waals surface area (Å²) in [5.74, 6) is 0. The predicted molar refractivity (Wildman–Crippen MR) is 62.0 cm³/mol. The molecule has 0 spiro atoms. The van der Waals surface area contributed by atoms with Crippen LogP contribution in [-0.2, 0) is 12.8 Å². The molecule has 0 bridgehead atoms. The van der Waals surface area contributed by atoms with E-state index in [0.717, 1.165) is 25.7 Å². The topological polar surface area (TPSA) is 40.5 Å². The maximum Gasteiger partial charge on any atom is 0.0471 e. The fraction of sp³-hybridized carbons (Fsp3) is 0.538. The van der Waals surface area contributed by atoms with E-state index < -0.39 is 0 Å². The molecule has 0 heterocycles. The van der Waals surface area contributed by atoms with Gasteiger partial charge in [0.15, 0.2) is 0 Å². The van der Waals surface area contributed by atoms with E-state index in [4.69, 9.17) is 10.2 Å². The zero-order chi connectivity index (χ0) is 11.1. The highest BCUT2D eigenvalue weighted by Gasteiger charge is 2.00. The summed E-state index contributed by atoms with van der Waals surface area (Å²) in [4.78, 5) is 0. The first kappa shape index (κ1) is 12.2. The van der Waals surface area contributed by atoms with Gasteiger partial charge in [-0.25, -0.2) is 0 Å². The molecule has 0 aromatic heterocycles. The predicted octanol–water partition coefficient (Wildman–Crippen LogP) is 1.84. The number of benzene rings is 1. The van der Waals surface area contributed by atoms with E-state index in [9.17, 15) is 0 Å². The second kappa shape index (κ2) is 6.59. The SMILES string of the molecule is Cc1ccc(CCCCO)cc1CCO. The normalized spacial score (nSPS) is 10.6. The Balaban J connectivity index is 2.61. The third kappa shape index (κ3) is 4.02. The van der Waals surface area contributed by atoms with Crippen molar-refractivity contribution in [2.45, 2.75) is 32.6 Å². The Kier molecular flexibility index (Phi) is 5.37.